The van der Waals surface area contributed by atoms with Gasteiger partial charge in [0.1, 0.15) is 23.7 Å². The van der Waals surface area contributed by atoms with Gasteiger partial charge < -0.3 is 14.5 Å². The number of hydrogen-bond acceptors (Lipinski definition) is 5. The van der Waals surface area contributed by atoms with Crippen molar-refractivity contribution in [2.24, 2.45) is 0 Å². The van der Waals surface area contributed by atoms with E-state index in [1.807, 2.05) is 20.0 Å². The Bertz CT molecular complexity index is 1440. The Kier molecular flexibility index (Phi) is 4.66. The molecule has 0 aliphatic heterocycles. The van der Waals surface area contributed by atoms with Crippen LogP contribution in [-0.2, 0) is 0 Å². The van der Waals surface area contributed by atoms with Crippen LogP contribution in [0.3, 0.4) is 0 Å². The summed E-state index contributed by atoms with van der Waals surface area (Å²) in [5.74, 6) is -0.752. The summed E-state index contributed by atoms with van der Waals surface area (Å²) in [4.78, 5) is 21.9. The second-order valence-electron chi connectivity index (χ2n) is 8.47. The Morgan fingerprint density at radius 1 is 1.30 bits per heavy atom. The van der Waals surface area contributed by atoms with Gasteiger partial charge in [-0.1, -0.05) is 6.04 Å². The molecule has 4 aromatic rings. The summed E-state index contributed by atoms with van der Waals surface area (Å²) in [5.41, 5.74) is 2.35. The van der Waals surface area contributed by atoms with E-state index in [2.05, 4.69) is 25.5 Å². The van der Waals surface area contributed by atoms with Gasteiger partial charge in [-0.05, 0) is 63.4 Å². The normalized spacial score (nSPS) is 14.3. The maximum atomic E-state index is 14.9. The van der Waals surface area contributed by atoms with Gasteiger partial charge in [0.25, 0.3) is 5.91 Å². The first-order valence-corrected chi connectivity index (χ1v) is 10.8. The number of carbonyl (C=O) groups excluding carboxylic acids is 1. The van der Waals surface area contributed by atoms with Crippen molar-refractivity contribution < 1.29 is 11.9 Å². The minimum atomic E-state index is -0.769. The Balaban J connectivity index is 1.48. The van der Waals surface area contributed by atoms with Crippen LogP contribution in [0.4, 0.5) is 10.2 Å². The maximum absolute atomic E-state index is 14.9. The highest BCUT2D eigenvalue weighted by Gasteiger charge is 2.26. The second kappa shape index (κ2) is 8.23. The minimum Gasteiger partial charge on any atom is -0.310 e. The molecule has 3 aromatic heterocycles. The highest BCUT2D eigenvalue weighted by molar-refractivity contribution is 6.04. The van der Waals surface area contributed by atoms with Crippen LogP contribution in [0.25, 0.3) is 17.2 Å². The molecule has 1 fully saturated rings. The maximum Gasteiger partial charge on any atom is 0.259 e. The summed E-state index contributed by atoms with van der Waals surface area (Å²) in [6, 6.07) is 3.75. The molecule has 0 saturated heterocycles. The first kappa shape index (κ1) is 18.7. The van der Waals surface area contributed by atoms with Crippen LogP contribution in [0.15, 0.2) is 49.1 Å². The van der Waals surface area contributed by atoms with Crippen LogP contribution in [0.2, 0.25) is 0 Å². The van der Waals surface area contributed by atoms with Gasteiger partial charge in [-0.25, -0.2) is 14.4 Å². The standard InChI is InChI=1S/C24H24FN7O/c1-14(2)32-13-27-30-23(32)19-5-4-6-22(28-19)29-24(33)17-10-21(15(3)9-18(17)25)31-11-20(26-12-31)16-7-8-16/h4-6,9-14,16H,7-8H2,1-3H3,(H,28,29,33)/i4D,6D. The monoisotopic (exact) mass is 447 g/mol. The van der Waals surface area contributed by atoms with Gasteiger partial charge in [-0.2, -0.15) is 0 Å². The van der Waals surface area contributed by atoms with Crippen LogP contribution in [0, 0.1) is 12.7 Å². The average Bonchev–Trinajstić information content (AvgIpc) is 3.32. The zero-order chi connectivity index (χ0) is 24.9. The van der Waals surface area contributed by atoms with E-state index in [9.17, 15) is 9.18 Å². The van der Waals surface area contributed by atoms with Crippen molar-refractivity contribution in [3.05, 3.63) is 71.8 Å². The molecule has 8 nitrogen and oxygen atoms in total. The Labute approximate surface area is 193 Å². The lowest BCUT2D eigenvalue weighted by molar-refractivity contribution is 0.102. The zero-order valence-corrected chi connectivity index (χ0v) is 18.5. The van der Waals surface area contributed by atoms with Gasteiger partial charge in [0.15, 0.2) is 5.82 Å². The van der Waals surface area contributed by atoms with Crippen molar-refractivity contribution in [3.63, 3.8) is 0 Å². The molecule has 1 saturated carbocycles. The summed E-state index contributed by atoms with van der Waals surface area (Å²) < 4.78 is 34.8. The number of amides is 1. The SMILES string of the molecule is [2H]c1cc(-c2nncn2C(C)C)nc(NC(=O)c2cc(-n3cnc(C4CC4)c3)c(C)cc2F)c1[2H]. The number of nitrogens with zero attached hydrogens (tertiary/aromatic N) is 6. The highest BCUT2D eigenvalue weighted by Crippen LogP contribution is 2.39. The van der Waals surface area contributed by atoms with Crippen molar-refractivity contribution in [2.45, 2.75) is 45.6 Å². The third-order valence-electron chi connectivity index (χ3n) is 5.63. The molecule has 1 aliphatic carbocycles. The second-order valence-corrected chi connectivity index (χ2v) is 8.47. The van der Waals surface area contributed by atoms with Crippen molar-refractivity contribution >= 4 is 11.7 Å². The van der Waals surface area contributed by atoms with Crippen molar-refractivity contribution in [3.8, 4) is 17.2 Å². The number of imidazole rings is 1. The van der Waals surface area contributed by atoms with Crippen molar-refractivity contribution in [2.75, 3.05) is 5.32 Å². The number of hydrogen-bond donors (Lipinski definition) is 1. The molecule has 1 aromatic carbocycles. The molecule has 0 radical (unpaired) electrons. The third-order valence-corrected chi connectivity index (χ3v) is 5.63. The molecular formula is C24H24FN7O. The lowest BCUT2D eigenvalue weighted by atomic mass is 10.1. The van der Waals surface area contributed by atoms with Crippen molar-refractivity contribution in [1.29, 1.82) is 0 Å². The van der Waals surface area contributed by atoms with Gasteiger partial charge in [0, 0.05) is 18.2 Å². The van der Waals surface area contributed by atoms with Crippen LogP contribution in [-0.4, -0.2) is 35.2 Å². The van der Waals surface area contributed by atoms with Gasteiger partial charge >= 0.3 is 0 Å². The van der Waals surface area contributed by atoms with E-state index >= 15 is 0 Å². The molecule has 0 spiro atoms. The van der Waals surface area contributed by atoms with E-state index in [-0.39, 0.29) is 35.2 Å². The number of anilines is 1. The largest absolute Gasteiger partial charge is 0.310 e. The van der Waals surface area contributed by atoms with Gasteiger partial charge in [0.2, 0.25) is 0 Å². The Morgan fingerprint density at radius 2 is 2.12 bits per heavy atom. The topological polar surface area (TPSA) is 90.5 Å². The first-order chi connectivity index (χ1) is 16.7. The number of nitrogens with one attached hydrogen (secondary N) is 1. The van der Waals surface area contributed by atoms with Gasteiger partial charge in [-0.15, -0.1) is 10.2 Å². The van der Waals surface area contributed by atoms with Gasteiger partial charge in [0.05, 0.1) is 26.0 Å². The molecule has 168 valence electrons. The molecule has 1 N–H and O–H groups in total. The molecule has 5 rings (SSSR count). The smallest absolute Gasteiger partial charge is 0.259 e. The summed E-state index contributed by atoms with van der Waals surface area (Å²) in [6.45, 7) is 5.66. The van der Waals surface area contributed by atoms with E-state index in [1.165, 1.54) is 18.2 Å². The number of pyridine rings is 1. The van der Waals surface area contributed by atoms with Crippen LogP contribution in [0.5, 0.6) is 0 Å². The predicted molar refractivity (Wildman–Crippen MR) is 122 cm³/mol. The zero-order valence-electron chi connectivity index (χ0n) is 20.5. The molecule has 9 heteroatoms. The third kappa shape index (κ3) is 4.13. The number of carbonyl (C=O) groups is 1. The first-order valence-electron chi connectivity index (χ1n) is 11.8. The van der Waals surface area contributed by atoms with E-state index in [4.69, 9.17) is 2.74 Å². The summed E-state index contributed by atoms with van der Waals surface area (Å²) >= 11 is 0. The van der Waals surface area contributed by atoms with Crippen LogP contribution < -0.4 is 5.32 Å². The lowest BCUT2D eigenvalue weighted by Crippen LogP contribution is -2.16. The van der Waals surface area contributed by atoms with E-state index in [0.29, 0.717) is 23.0 Å². The van der Waals surface area contributed by atoms with Crippen molar-refractivity contribution in [1.82, 2.24) is 29.3 Å². The van der Waals surface area contributed by atoms with E-state index < -0.39 is 11.7 Å². The van der Waals surface area contributed by atoms with Gasteiger partial charge in [-0.3, -0.25) is 4.79 Å². The Morgan fingerprint density at radius 3 is 2.88 bits per heavy atom. The summed E-state index contributed by atoms with van der Waals surface area (Å²) in [7, 11) is 0. The van der Waals surface area contributed by atoms with E-state index in [0.717, 1.165) is 18.5 Å². The Hall–Kier alpha value is -3.88. The van der Waals surface area contributed by atoms with Crippen LogP contribution >= 0.6 is 0 Å². The molecule has 0 atom stereocenters. The van der Waals surface area contributed by atoms with E-state index in [1.54, 1.807) is 28.7 Å². The molecular weight excluding hydrogens is 421 g/mol. The quantitative estimate of drug-likeness (QED) is 0.463. The number of halogens is 1. The highest BCUT2D eigenvalue weighted by atomic mass is 19.1. The molecule has 1 aliphatic rings. The fourth-order valence-electron chi connectivity index (χ4n) is 3.68. The molecule has 33 heavy (non-hydrogen) atoms. The molecule has 0 unspecified atom stereocenters. The molecule has 0 bridgehead atoms. The molecule has 1 amide bonds. The van der Waals surface area contributed by atoms with Crippen LogP contribution in [0.1, 0.15) is 63.0 Å². The molecule has 3 heterocycles. The number of rotatable bonds is 6. The fraction of sp³-hybridized carbons (Fsp3) is 0.292. The summed E-state index contributed by atoms with van der Waals surface area (Å²) in [6.07, 6.45) is 7.34. The number of aryl methyl sites for hydroxylation is 1. The average molecular weight is 448 g/mol. The fourth-order valence-corrected chi connectivity index (χ4v) is 3.68. The predicted octanol–water partition coefficient (Wildman–Crippen LogP) is 4.68. The lowest BCUT2D eigenvalue weighted by Gasteiger charge is -2.12. The summed E-state index contributed by atoms with van der Waals surface area (Å²) in [5, 5.41) is 10.5. The number of benzene rings is 1. The minimum absolute atomic E-state index is 0.0355. The number of aromatic nitrogens is 6.